The van der Waals surface area contributed by atoms with Crippen LogP contribution >= 0.6 is 11.8 Å². The van der Waals surface area contributed by atoms with Crippen LogP contribution in [0.3, 0.4) is 0 Å². The predicted octanol–water partition coefficient (Wildman–Crippen LogP) is 1.53. The second kappa shape index (κ2) is 10.6. The molecule has 0 aliphatic carbocycles. The number of amides is 2. The Morgan fingerprint density at radius 2 is 1.93 bits per heavy atom. The van der Waals surface area contributed by atoms with E-state index in [0.29, 0.717) is 5.75 Å². The number of carboxylic acid groups (broad SMARTS) is 1. The maximum absolute atomic E-state index is 12.3. The van der Waals surface area contributed by atoms with E-state index in [1.807, 2.05) is 0 Å². The van der Waals surface area contributed by atoms with E-state index in [9.17, 15) is 29.1 Å². The second-order valence-corrected chi connectivity index (χ2v) is 9.56. The van der Waals surface area contributed by atoms with Crippen LogP contribution in [0.15, 0.2) is 0 Å². The average Bonchev–Trinajstić information content (AvgIpc) is 2.70. The highest BCUT2D eigenvalue weighted by atomic mass is 32.2. The number of aliphatic carboxylic acids is 1. The predicted molar refractivity (Wildman–Crippen MR) is 108 cm³/mol. The minimum Gasteiger partial charge on any atom is -0.480 e. The lowest BCUT2D eigenvalue weighted by atomic mass is 9.98. The first-order valence-electron chi connectivity index (χ1n) is 9.46. The summed E-state index contributed by atoms with van der Waals surface area (Å²) in [6.45, 7) is 8.13. The molecule has 1 aliphatic heterocycles. The number of carbonyl (C=O) groups is 5. The molecule has 1 rings (SSSR count). The number of alkyl carbamates (subject to hydrolysis) is 1. The van der Waals surface area contributed by atoms with Crippen LogP contribution in [0.5, 0.6) is 0 Å². The summed E-state index contributed by atoms with van der Waals surface area (Å²) < 4.78 is 5.12. The zero-order valence-electron chi connectivity index (χ0n) is 17.4. The van der Waals surface area contributed by atoms with E-state index in [-0.39, 0.29) is 36.1 Å². The summed E-state index contributed by atoms with van der Waals surface area (Å²) in [6.07, 6.45) is -0.678. The van der Waals surface area contributed by atoms with Gasteiger partial charge in [-0.3, -0.25) is 14.4 Å². The number of thioether (sulfide) groups is 1. The fraction of sp³-hybridized carbons (Fsp3) is 0.737. The van der Waals surface area contributed by atoms with Gasteiger partial charge in [-0.15, -0.1) is 0 Å². The standard InChI is InChI=1S/C19H30N2O7S/c1-10(22)14(20-18(27)28-19(3,4)5)7-6-13(23)8-12-9-29-11(2)15(17(25)26)21-16(12)24/h11-12,14-15H,6-9H2,1-5H3,(H,20,27)(H,21,24)(H,25,26)/t11-,12-,14-,15-/m0/s1. The molecule has 1 saturated heterocycles. The van der Waals surface area contributed by atoms with E-state index in [1.165, 1.54) is 18.7 Å². The molecular formula is C19H30N2O7S. The molecule has 9 nitrogen and oxygen atoms in total. The van der Waals surface area contributed by atoms with Crippen LogP contribution < -0.4 is 10.6 Å². The summed E-state index contributed by atoms with van der Waals surface area (Å²) in [5, 5.41) is 13.8. The number of hydrogen-bond donors (Lipinski definition) is 3. The first-order chi connectivity index (χ1) is 13.3. The van der Waals surface area contributed by atoms with Crippen LogP contribution in [0, 0.1) is 5.92 Å². The molecule has 0 saturated carbocycles. The molecule has 29 heavy (non-hydrogen) atoms. The minimum atomic E-state index is -1.11. The molecule has 1 aliphatic rings. The Hall–Kier alpha value is -2.10. The van der Waals surface area contributed by atoms with Gasteiger partial charge in [0.05, 0.1) is 12.0 Å². The smallest absolute Gasteiger partial charge is 0.408 e. The van der Waals surface area contributed by atoms with Gasteiger partial charge in [-0.1, -0.05) is 6.92 Å². The van der Waals surface area contributed by atoms with Gasteiger partial charge < -0.3 is 20.5 Å². The van der Waals surface area contributed by atoms with E-state index < -0.39 is 41.6 Å². The summed E-state index contributed by atoms with van der Waals surface area (Å²) in [5.74, 6) is -2.39. The van der Waals surface area contributed by atoms with E-state index in [2.05, 4.69) is 10.6 Å². The van der Waals surface area contributed by atoms with Crippen LogP contribution in [-0.2, 0) is 23.9 Å². The Bertz CT molecular complexity index is 659. The quantitative estimate of drug-likeness (QED) is 0.527. The first-order valence-corrected chi connectivity index (χ1v) is 10.5. The van der Waals surface area contributed by atoms with Crippen LogP contribution in [0.2, 0.25) is 0 Å². The van der Waals surface area contributed by atoms with Gasteiger partial charge >= 0.3 is 12.1 Å². The van der Waals surface area contributed by atoms with Gasteiger partial charge in [0.15, 0.2) is 5.78 Å². The highest BCUT2D eigenvalue weighted by Crippen LogP contribution is 2.25. The van der Waals surface area contributed by atoms with Gasteiger partial charge in [0.1, 0.15) is 17.4 Å². The maximum atomic E-state index is 12.3. The number of rotatable bonds is 8. The van der Waals surface area contributed by atoms with Crippen LogP contribution in [-0.4, -0.2) is 63.3 Å². The number of nitrogens with one attached hydrogen (secondary N) is 2. The lowest BCUT2D eigenvalue weighted by molar-refractivity contribution is -0.142. The van der Waals surface area contributed by atoms with Gasteiger partial charge in [0.25, 0.3) is 0 Å². The number of ketones is 2. The fourth-order valence-corrected chi connectivity index (χ4v) is 3.93. The van der Waals surface area contributed by atoms with E-state index in [0.717, 1.165) is 0 Å². The van der Waals surface area contributed by atoms with Crippen molar-refractivity contribution in [1.29, 1.82) is 0 Å². The van der Waals surface area contributed by atoms with Gasteiger partial charge in [-0.05, 0) is 34.1 Å². The van der Waals surface area contributed by atoms with Crippen LogP contribution in [0.25, 0.3) is 0 Å². The summed E-state index contributed by atoms with van der Waals surface area (Å²) in [4.78, 5) is 59.5. The number of Topliss-reactive ketones (excluding diaryl/α,β-unsaturated/α-hetero) is 2. The molecule has 3 N–H and O–H groups in total. The monoisotopic (exact) mass is 430 g/mol. The first kappa shape index (κ1) is 24.9. The van der Waals surface area contributed by atoms with Crippen molar-refractivity contribution in [2.24, 2.45) is 5.92 Å². The van der Waals surface area contributed by atoms with Crippen LogP contribution in [0.4, 0.5) is 4.79 Å². The molecule has 0 aromatic carbocycles. The van der Waals surface area contributed by atoms with E-state index in [1.54, 1.807) is 27.7 Å². The lowest BCUT2D eigenvalue weighted by Gasteiger charge is -2.22. The Morgan fingerprint density at radius 1 is 1.31 bits per heavy atom. The van der Waals surface area contributed by atoms with Gasteiger partial charge in [-0.25, -0.2) is 9.59 Å². The van der Waals surface area contributed by atoms with Crippen molar-refractivity contribution in [3.05, 3.63) is 0 Å². The lowest BCUT2D eigenvalue weighted by Crippen LogP contribution is -2.46. The Kier molecular flexibility index (Phi) is 9.13. The van der Waals surface area contributed by atoms with Crippen molar-refractivity contribution in [2.75, 3.05) is 5.75 Å². The summed E-state index contributed by atoms with van der Waals surface area (Å²) in [5.41, 5.74) is -0.712. The molecule has 0 radical (unpaired) electrons. The number of carbonyl (C=O) groups excluding carboxylic acids is 4. The van der Waals surface area contributed by atoms with Crippen molar-refractivity contribution >= 4 is 41.3 Å². The number of ether oxygens (including phenoxy) is 1. The molecule has 0 bridgehead atoms. The third-order valence-electron chi connectivity index (χ3n) is 4.33. The topological polar surface area (TPSA) is 139 Å². The third kappa shape index (κ3) is 8.84. The molecule has 1 fully saturated rings. The molecule has 164 valence electrons. The molecule has 0 aromatic heterocycles. The summed E-state index contributed by atoms with van der Waals surface area (Å²) >= 11 is 1.33. The SMILES string of the molecule is CC(=O)[C@H](CCC(=O)C[C@H]1CS[C@@H](C)[C@@H](C(=O)O)NC1=O)NC(=O)OC(C)(C)C. The zero-order chi connectivity index (χ0) is 22.4. The Balaban J connectivity index is 2.59. The van der Waals surface area contributed by atoms with Crippen molar-refractivity contribution in [1.82, 2.24) is 10.6 Å². The molecule has 0 aromatic rings. The molecule has 4 atom stereocenters. The molecule has 2 amide bonds. The highest BCUT2D eigenvalue weighted by molar-refractivity contribution is 8.00. The van der Waals surface area contributed by atoms with Crippen molar-refractivity contribution in [2.45, 2.75) is 76.8 Å². The van der Waals surface area contributed by atoms with Crippen molar-refractivity contribution < 1.29 is 33.8 Å². The number of carboxylic acids is 1. The Labute approximate surface area is 174 Å². The van der Waals surface area contributed by atoms with Crippen molar-refractivity contribution in [3.8, 4) is 0 Å². The molecule has 0 unspecified atom stereocenters. The summed E-state index contributed by atoms with van der Waals surface area (Å²) in [7, 11) is 0. The van der Waals surface area contributed by atoms with Gasteiger partial charge in [0, 0.05) is 23.8 Å². The maximum Gasteiger partial charge on any atom is 0.408 e. The molecular weight excluding hydrogens is 400 g/mol. The zero-order valence-corrected chi connectivity index (χ0v) is 18.3. The van der Waals surface area contributed by atoms with Gasteiger partial charge in [0.2, 0.25) is 5.91 Å². The van der Waals surface area contributed by atoms with Crippen LogP contribution in [0.1, 0.15) is 53.9 Å². The van der Waals surface area contributed by atoms with Gasteiger partial charge in [-0.2, -0.15) is 11.8 Å². The molecule has 10 heteroatoms. The molecule has 1 heterocycles. The fourth-order valence-electron chi connectivity index (χ4n) is 2.75. The summed E-state index contributed by atoms with van der Waals surface area (Å²) in [6, 6.07) is -1.85. The average molecular weight is 431 g/mol. The number of hydrogen-bond acceptors (Lipinski definition) is 7. The molecule has 0 spiro atoms. The van der Waals surface area contributed by atoms with E-state index >= 15 is 0 Å². The van der Waals surface area contributed by atoms with E-state index in [4.69, 9.17) is 4.74 Å². The normalized spacial score (nSPS) is 23.3. The largest absolute Gasteiger partial charge is 0.480 e. The van der Waals surface area contributed by atoms with Crippen molar-refractivity contribution in [3.63, 3.8) is 0 Å². The second-order valence-electron chi connectivity index (χ2n) is 8.15. The highest BCUT2D eigenvalue weighted by Gasteiger charge is 2.35. The minimum absolute atomic E-state index is 0.00635. The Morgan fingerprint density at radius 3 is 2.45 bits per heavy atom. The third-order valence-corrected chi connectivity index (χ3v) is 5.72.